The number of aliphatic hydroxyl groups is 1. The number of hydrogen-bond acceptors (Lipinski definition) is 4. The van der Waals surface area contributed by atoms with Gasteiger partial charge in [0.25, 0.3) is 11.8 Å². The Kier molecular flexibility index (Phi) is 6.09. The zero-order valence-electron chi connectivity index (χ0n) is 17.2. The topological polar surface area (TPSA) is 87.7 Å². The number of fused-ring (bicyclic) bond motifs is 3. The fraction of sp³-hybridized carbons (Fsp3) is 0.391. The van der Waals surface area contributed by atoms with Crippen LogP contribution < -0.4 is 15.4 Å². The molecular formula is C23H23ClF2N2O4. The van der Waals surface area contributed by atoms with Crippen LogP contribution in [0.4, 0.5) is 8.78 Å². The largest absolute Gasteiger partial charge is 0.484 e. The van der Waals surface area contributed by atoms with Crippen molar-refractivity contribution in [3.05, 3.63) is 64.7 Å². The van der Waals surface area contributed by atoms with Crippen molar-refractivity contribution in [2.24, 2.45) is 0 Å². The molecule has 2 aromatic carbocycles. The van der Waals surface area contributed by atoms with Crippen LogP contribution in [-0.4, -0.2) is 40.7 Å². The first-order chi connectivity index (χ1) is 15.2. The molecule has 2 aromatic rings. The number of carbonyl (C=O) groups is 2. The summed E-state index contributed by atoms with van der Waals surface area (Å²) in [5.41, 5.74) is -1.05. The lowest BCUT2D eigenvalue weighted by molar-refractivity contribution is -0.129. The van der Waals surface area contributed by atoms with E-state index in [0.29, 0.717) is 31.2 Å². The molecule has 2 amide bonds. The van der Waals surface area contributed by atoms with Crippen molar-refractivity contribution in [1.29, 1.82) is 0 Å². The third-order valence-corrected chi connectivity index (χ3v) is 6.76. The summed E-state index contributed by atoms with van der Waals surface area (Å²) in [6.07, 6.45) is 1.58. The molecule has 1 atom stereocenters. The Bertz CT molecular complexity index is 1020. The van der Waals surface area contributed by atoms with Crippen LogP contribution in [0.3, 0.4) is 0 Å². The Labute approximate surface area is 188 Å². The van der Waals surface area contributed by atoms with Gasteiger partial charge in [-0.2, -0.15) is 0 Å². The van der Waals surface area contributed by atoms with Crippen molar-refractivity contribution in [3.63, 3.8) is 0 Å². The molecule has 0 aromatic heterocycles. The third kappa shape index (κ3) is 4.56. The number of amides is 2. The number of ether oxygens (including phenoxy) is 1. The Balaban J connectivity index is 1.34. The van der Waals surface area contributed by atoms with Gasteiger partial charge in [0.05, 0.1) is 16.7 Å². The lowest BCUT2D eigenvalue weighted by atomic mass is 9.60. The summed E-state index contributed by atoms with van der Waals surface area (Å²) in [4.78, 5) is 25.1. The highest BCUT2D eigenvalue weighted by Gasteiger charge is 2.55. The number of aliphatic hydroxyl groups excluding tert-OH is 1. The van der Waals surface area contributed by atoms with E-state index >= 15 is 0 Å². The van der Waals surface area contributed by atoms with E-state index in [1.54, 1.807) is 0 Å². The molecule has 5 rings (SSSR count). The molecule has 0 aliphatic heterocycles. The van der Waals surface area contributed by atoms with E-state index in [-0.39, 0.29) is 35.6 Å². The second-order valence-electron chi connectivity index (χ2n) is 8.53. The van der Waals surface area contributed by atoms with E-state index in [9.17, 15) is 23.5 Å². The fourth-order valence-electron chi connectivity index (χ4n) is 4.61. The van der Waals surface area contributed by atoms with Gasteiger partial charge >= 0.3 is 0 Å². The van der Waals surface area contributed by atoms with E-state index in [1.165, 1.54) is 36.4 Å². The van der Waals surface area contributed by atoms with Gasteiger partial charge in [-0.15, -0.1) is 0 Å². The van der Waals surface area contributed by atoms with Gasteiger partial charge in [0, 0.05) is 17.2 Å². The zero-order chi connectivity index (χ0) is 22.9. The Hall–Kier alpha value is -2.71. The number of carbonyl (C=O) groups excluding carboxylic acids is 2. The molecule has 0 radical (unpaired) electrons. The lowest BCUT2D eigenvalue weighted by Crippen LogP contribution is -2.70. The molecule has 0 spiro atoms. The Morgan fingerprint density at radius 1 is 1.06 bits per heavy atom. The van der Waals surface area contributed by atoms with E-state index in [0.717, 1.165) is 6.07 Å². The number of hydrogen-bond donors (Lipinski definition) is 3. The fourth-order valence-corrected chi connectivity index (χ4v) is 4.73. The average molecular weight is 465 g/mol. The molecule has 3 aliphatic rings. The lowest BCUT2D eigenvalue weighted by Gasteiger charge is -2.56. The number of rotatable bonds is 6. The Morgan fingerprint density at radius 2 is 1.75 bits per heavy atom. The summed E-state index contributed by atoms with van der Waals surface area (Å²) < 4.78 is 32.0. The minimum atomic E-state index is -0.846. The van der Waals surface area contributed by atoms with Gasteiger partial charge in [-0.3, -0.25) is 9.59 Å². The summed E-state index contributed by atoms with van der Waals surface area (Å²) in [5, 5.41) is 16.7. The molecule has 6 nitrogen and oxygen atoms in total. The zero-order valence-corrected chi connectivity index (χ0v) is 17.9. The normalized spacial score (nSPS) is 26.4. The van der Waals surface area contributed by atoms with E-state index in [4.69, 9.17) is 16.3 Å². The highest BCUT2D eigenvalue weighted by atomic mass is 35.5. The molecule has 0 unspecified atom stereocenters. The summed E-state index contributed by atoms with van der Waals surface area (Å²) in [7, 11) is 0. The first-order valence-electron chi connectivity index (χ1n) is 10.4. The van der Waals surface area contributed by atoms with Crippen molar-refractivity contribution in [2.75, 3.05) is 6.61 Å². The molecule has 3 fully saturated rings. The van der Waals surface area contributed by atoms with Crippen molar-refractivity contribution < 1.29 is 28.2 Å². The SMILES string of the molecule is O=C(COc1ccc(Cl)c(F)c1)NC12CCC(NC(=O)c3ccc(F)cc3)(CC1)[C@H](O)C2. The predicted molar refractivity (Wildman–Crippen MR) is 113 cm³/mol. The van der Waals surface area contributed by atoms with Gasteiger partial charge in [0.15, 0.2) is 6.61 Å². The average Bonchev–Trinajstić information content (AvgIpc) is 2.76. The molecule has 3 saturated carbocycles. The van der Waals surface area contributed by atoms with Crippen LogP contribution in [0.1, 0.15) is 42.5 Å². The number of nitrogens with one attached hydrogen (secondary N) is 2. The minimum absolute atomic E-state index is 0.0332. The second-order valence-corrected chi connectivity index (χ2v) is 8.94. The van der Waals surface area contributed by atoms with Gasteiger partial charge in [-0.1, -0.05) is 11.6 Å². The monoisotopic (exact) mass is 464 g/mol. The summed E-state index contributed by atoms with van der Waals surface area (Å²) in [5.74, 6) is -1.62. The van der Waals surface area contributed by atoms with Crippen LogP contribution in [0.5, 0.6) is 5.75 Å². The third-order valence-electron chi connectivity index (χ3n) is 6.46. The van der Waals surface area contributed by atoms with Crippen LogP contribution in [0.25, 0.3) is 0 Å². The number of benzene rings is 2. The van der Waals surface area contributed by atoms with Crippen LogP contribution >= 0.6 is 11.6 Å². The van der Waals surface area contributed by atoms with Crippen LogP contribution in [0.15, 0.2) is 42.5 Å². The number of halogens is 3. The maximum Gasteiger partial charge on any atom is 0.258 e. The van der Waals surface area contributed by atoms with Gasteiger partial charge in [0.1, 0.15) is 17.4 Å². The van der Waals surface area contributed by atoms with Crippen molar-refractivity contribution in [2.45, 2.75) is 49.3 Å². The molecular weight excluding hydrogens is 442 g/mol. The highest BCUT2D eigenvalue weighted by Crippen LogP contribution is 2.47. The van der Waals surface area contributed by atoms with Crippen molar-refractivity contribution >= 4 is 23.4 Å². The van der Waals surface area contributed by atoms with Crippen LogP contribution in [0, 0.1) is 11.6 Å². The van der Waals surface area contributed by atoms with Gasteiger partial charge in [0.2, 0.25) is 0 Å². The molecule has 170 valence electrons. The van der Waals surface area contributed by atoms with Crippen LogP contribution in [-0.2, 0) is 4.79 Å². The molecule has 32 heavy (non-hydrogen) atoms. The van der Waals surface area contributed by atoms with Crippen molar-refractivity contribution in [3.8, 4) is 5.75 Å². The van der Waals surface area contributed by atoms with E-state index < -0.39 is 28.8 Å². The highest BCUT2D eigenvalue weighted by molar-refractivity contribution is 6.30. The van der Waals surface area contributed by atoms with Gasteiger partial charge < -0.3 is 20.5 Å². The van der Waals surface area contributed by atoms with E-state index in [1.807, 2.05) is 0 Å². The second kappa shape index (κ2) is 8.67. The molecule has 0 saturated heterocycles. The maximum absolute atomic E-state index is 13.5. The molecule has 3 N–H and O–H groups in total. The minimum Gasteiger partial charge on any atom is -0.484 e. The first-order valence-corrected chi connectivity index (χ1v) is 10.7. The molecule has 3 aliphatic carbocycles. The van der Waals surface area contributed by atoms with Crippen LogP contribution in [0.2, 0.25) is 5.02 Å². The summed E-state index contributed by atoms with van der Waals surface area (Å²) in [6, 6.07) is 9.16. The molecule has 9 heteroatoms. The van der Waals surface area contributed by atoms with E-state index in [2.05, 4.69) is 10.6 Å². The summed E-state index contributed by atoms with van der Waals surface area (Å²) in [6.45, 7) is -0.300. The predicted octanol–water partition coefficient (Wildman–Crippen LogP) is 3.36. The summed E-state index contributed by atoms with van der Waals surface area (Å²) >= 11 is 5.64. The van der Waals surface area contributed by atoms with Gasteiger partial charge in [-0.25, -0.2) is 8.78 Å². The Morgan fingerprint density at radius 3 is 2.38 bits per heavy atom. The van der Waals surface area contributed by atoms with Gasteiger partial charge in [-0.05, 0) is 68.5 Å². The smallest absolute Gasteiger partial charge is 0.258 e. The molecule has 2 bridgehead atoms. The standard InChI is InChI=1S/C23H23ClF2N2O4/c24-17-6-5-16(11-18(17)26)32-13-20(30)27-22-7-9-23(10-8-22,19(29)12-22)28-21(31)14-1-3-15(25)4-2-14/h1-6,11,19,29H,7-10,12-13H2,(H,27,30)(H,28,31)/t19-,22?,23?/m1/s1. The molecule has 0 heterocycles. The maximum atomic E-state index is 13.5. The first kappa shape index (κ1) is 22.5. The van der Waals surface area contributed by atoms with Crippen molar-refractivity contribution in [1.82, 2.24) is 10.6 Å². The quantitative estimate of drug-likeness (QED) is 0.611.